The highest BCUT2D eigenvalue weighted by molar-refractivity contribution is 7.99. The number of allylic oxidation sites excluding steroid dienone is 3. The van der Waals surface area contributed by atoms with Crippen molar-refractivity contribution in [2.75, 3.05) is 6.26 Å². The zero-order valence-corrected chi connectivity index (χ0v) is 36.9. The number of aromatic nitrogens is 1. The fourth-order valence-corrected chi connectivity index (χ4v) is 7.97. The van der Waals surface area contributed by atoms with Crippen molar-refractivity contribution in [2.24, 2.45) is 11.8 Å². The van der Waals surface area contributed by atoms with Gasteiger partial charge >= 0.3 is 5.97 Å². The average Bonchev–Trinajstić information content (AvgIpc) is 3.43. The van der Waals surface area contributed by atoms with E-state index in [9.17, 15) is 9.59 Å². The first kappa shape index (κ1) is 48.0. The van der Waals surface area contributed by atoms with E-state index in [0.717, 1.165) is 63.8 Å². The summed E-state index contributed by atoms with van der Waals surface area (Å²) in [7, 11) is 0. The predicted octanol–water partition coefficient (Wildman–Crippen LogP) is 13.8. The largest absolute Gasteiger partial charge is 0.492 e. The molecule has 0 N–H and O–H groups in total. The van der Waals surface area contributed by atoms with Gasteiger partial charge in [-0.25, -0.2) is 0 Å². The van der Waals surface area contributed by atoms with E-state index in [4.69, 9.17) is 9.47 Å². The highest BCUT2D eigenvalue weighted by Crippen LogP contribution is 2.50. The van der Waals surface area contributed by atoms with Crippen LogP contribution < -0.4 is 10.3 Å². The molecule has 0 bridgehead atoms. The molecular formula is C47H75NO4S. The third-order valence-corrected chi connectivity index (χ3v) is 11.2. The Morgan fingerprint density at radius 3 is 2.00 bits per heavy atom. The molecule has 4 rings (SSSR count). The molecule has 0 unspecified atom stereocenters. The smallest absolute Gasteiger partial charge is 0.308 e. The van der Waals surface area contributed by atoms with Crippen molar-refractivity contribution < 1.29 is 14.3 Å². The van der Waals surface area contributed by atoms with Gasteiger partial charge in [0.2, 0.25) is 0 Å². The van der Waals surface area contributed by atoms with Gasteiger partial charge in [-0.1, -0.05) is 146 Å². The summed E-state index contributed by atoms with van der Waals surface area (Å²) < 4.78 is 12.6. The van der Waals surface area contributed by atoms with Crippen molar-refractivity contribution >= 4 is 28.9 Å². The van der Waals surface area contributed by atoms with Crippen LogP contribution in [0.4, 0.5) is 0 Å². The van der Waals surface area contributed by atoms with Crippen molar-refractivity contribution in [1.82, 2.24) is 4.57 Å². The Labute approximate surface area is 329 Å². The van der Waals surface area contributed by atoms with E-state index in [1.165, 1.54) is 64.7 Å². The number of nitrogens with zero attached hydrogens (tertiary/aromatic N) is 1. The molecule has 3 heterocycles. The van der Waals surface area contributed by atoms with Crippen LogP contribution in [0.5, 0.6) is 5.75 Å². The number of pyridine rings is 1. The van der Waals surface area contributed by atoms with Crippen LogP contribution in [0.3, 0.4) is 0 Å². The van der Waals surface area contributed by atoms with Gasteiger partial charge in [-0.2, -0.15) is 0 Å². The van der Waals surface area contributed by atoms with Gasteiger partial charge in [0, 0.05) is 6.92 Å². The van der Waals surface area contributed by atoms with Crippen LogP contribution in [-0.2, 0) is 27.4 Å². The van der Waals surface area contributed by atoms with E-state index in [-0.39, 0.29) is 18.1 Å². The van der Waals surface area contributed by atoms with Gasteiger partial charge in [0.25, 0.3) is 5.56 Å². The van der Waals surface area contributed by atoms with Gasteiger partial charge < -0.3 is 14.0 Å². The Morgan fingerprint density at radius 1 is 0.943 bits per heavy atom. The van der Waals surface area contributed by atoms with Crippen LogP contribution in [0.15, 0.2) is 53.6 Å². The number of benzene rings is 1. The van der Waals surface area contributed by atoms with E-state index in [1.807, 2.05) is 29.9 Å². The molecule has 1 aromatic carbocycles. The van der Waals surface area contributed by atoms with Crippen LogP contribution in [0.25, 0.3) is 11.1 Å². The van der Waals surface area contributed by atoms with Crippen molar-refractivity contribution in [3.8, 4) is 5.75 Å². The molecule has 0 aliphatic carbocycles. The van der Waals surface area contributed by atoms with Crippen molar-refractivity contribution in [2.45, 2.75) is 172 Å². The molecule has 2 aliphatic rings. The highest BCUT2D eigenvalue weighted by atomic mass is 32.2. The summed E-state index contributed by atoms with van der Waals surface area (Å²) in [5.41, 5.74) is 7.59. The fraction of sp³-hybridized carbons (Fsp3) is 0.617. The molecule has 1 aromatic heterocycles. The lowest BCUT2D eigenvalue weighted by molar-refractivity contribution is -0.131. The molecule has 6 heteroatoms. The van der Waals surface area contributed by atoms with Crippen molar-refractivity contribution in [1.29, 1.82) is 0 Å². The molecule has 2 aromatic rings. The molecule has 0 amide bonds. The molecule has 2 aliphatic heterocycles. The summed E-state index contributed by atoms with van der Waals surface area (Å²) in [4.78, 5) is 25.1. The summed E-state index contributed by atoms with van der Waals surface area (Å²) in [5.74, 6) is 2.65. The maximum Gasteiger partial charge on any atom is 0.308 e. The number of hydrogen-bond donors (Lipinski definition) is 0. The van der Waals surface area contributed by atoms with Crippen LogP contribution in [0.1, 0.15) is 175 Å². The second kappa shape index (κ2) is 24.4. The molecule has 0 radical (unpaired) electrons. The summed E-state index contributed by atoms with van der Waals surface area (Å²) in [5, 5.41) is 0. The molecule has 0 saturated heterocycles. The topological polar surface area (TPSA) is 57.5 Å². The SMILES string of the molecule is C=C1/C(=C(/CC)c2cc(OC(C)=O)ccc2C)Cn2c1cc1c(c2=O)COC(=C)[C@@]1(CC)SC.CC(C)C.CCCC(C)CCC.CCCCCCC. The van der Waals surface area contributed by atoms with Crippen molar-refractivity contribution in [3.05, 3.63) is 87.1 Å². The quantitative estimate of drug-likeness (QED) is 0.116. The molecule has 1 atom stereocenters. The molecule has 298 valence electrons. The lowest BCUT2D eigenvalue weighted by atomic mass is 9.87. The predicted molar refractivity (Wildman–Crippen MR) is 233 cm³/mol. The number of aryl methyl sites for hydroxylation is 1. The second-order valence-corrected chi connectivity index (χ2v) is 16.3. The maximum absolute atomic E-state index is 13.6. The highest BCUT2D eigenvalue weighted by Gasteiger charge is 2.42. The minimum absolute atomic E-state index is 0.0242. The number of carbonyl (C=O) groups is 1. The lowest BCUT2D eigenvalue weighted by Gasteiger charge is -2.38. The number of rotatable bonds is 13. The molecule has 53 heavy (non-hydrogen) atoms. The Morgan fingerprint density at radius 2 is 1.53 bits per heavy atom. The summed E-state index contributed by atoms with van der Waals surface area (Å²) in [6, 6.07) is 7.78. The van der Waals surface area contributed by atoms with Gasteiger partial charge in [-0.05, 0) is 89.5 Å². The Kier molecular flexibility index (Phi) is 22.1. The zero-order valence-electron chi connectivity index (χ0n) is 36.1. The summed E-state index contributed by atoms with van der Waals surface area (Å²) in [6.07, 6.45) is 16.1. The number of ether oxygens (including phenoxy) is 2. The Hall–Kier alpha value is -2.99. The first-order valence-electron chi connectivity index (χ1n) is 20.5. The van der Waals surface area contributed by atoms with Gasteiger partial charge in [0.1, 0.15) is 18.1 Å². The first-order chi connectivity index (χ1) is 25.1. The van der Waals surface area contributed by atoms with E-state index in [2.05, 4.69) is 88.5 Å². The van der Waals surface area contributed by atoms with Crippen LogP contribution >= 0.6 is 11.8 Å². The summed E-state index contributed by atoms with van der Waals surface area (Å²) in [6.45, 7) is 34.7. The van der Waals surface area contributed by atoms with Gasteiger partial charge in [0.15, 0.2) is 0 Å². The Bertz CT molecular complexity index is 1550. The van der Waals surface area contributed by atoms with Crippen LogP contribution in [0.2, 0.25) is 0 Å². The molecule has 5 nitrogen and oxygen atoms in total. The fourth-order valence-electron chi connectivity index (χ4n) is 6.99. The third-order valence-electron chi connectivity index (χ3n) is 9.80. The van der Waals surface area contributed by atoms with E-state index in [1.54, 1.807) is 17.8 Å². The summed E-state index contributed by atoms with van der Waals surface area (Å²) >= 11 is 1.66. The number of carbonyl (C=O) groups excluding carboxylic acids is 1. The normalized spacial score (nSPS) is 16.7. The van der Waals surface area contributed by atoms with Crippen molar-refractivity contribution in [3.63, 3.8) is 0 Å². The lowest BCUT2D eigenvalue weighted by Crippen LogP contribution is -2.37. The molecule has 0 fully saturated rings. The minimum Gasteiger partial charge on any atom is -0.492 e. The molecular weight excluding hydrogens is 675 g/mol. The van der Waals surface area contributed by atoms with Gasteiger partial charge in [-0.3, -0.25) is 9.59 Å². The monoisotopic (exact) mass is 750 g/mol. The number of hydrogen-bond acceptors (Lipinski definition) is 5. The third kappa shape index (κ3) is 13.7. The first-order valence-corrected chi connectivity index (χ1v) is 21.7. The van der Waals surface area contributed by atoms with Crippen LogP contribution in [0, 0.1) is 18.8 Å². The van der Waals surface area contributed by atoms with E-state index >= 15 is 0 Å². The second-order valence-electron chi connectivity index (χ2n) is 15.2. The molecule has 0 spiro atoms. The maximum atomic E-state index is 13.6. The van der Waals surface area contributed by atoms with E-state index in [0.29, 0.717) is 23.6 Å². The average molecular weight is 750 g/mol. The van der Waals surface area contributed by atoms with Gasteiger partial charge in [-0.15, -0.1) is 11.8 Å². The standard InChI is InChI=1S/C28H31NO4S.C8H18.C7H16.C4H10/c1-8-21(22-12-20(33-19(6)30)11-10-16(22)3)23-14-29-26(17(23)4)13-25-24(27(29)31)15-32-18(5)28(25,9-2)34-7;1-4-6-8(3)7-5-2;1-3-5-7-6-4-2;1-4(2)3/h10-13H,4-5,8-9,14-15H2,1-3,6-7H3;8H,4-7H2,1-3H3;3-7H2,1-2H3;4H,1-3H3/b23-21-;;;/t28-;;;/m1.../s1. The number of unbranched alkanes of at least 4 members (excludes halogenated alkanes) is 4. The van der Waals surface area contributed by atoms with Crippen LogP contribution in [-0.4, -0.2) is 16.8 Å². The Balaban J connectivity index is 0.000000608. The molecule has 0 saturated carbocycles. The number of fused-ring (bicyclic) bond motifs is 2. The van der Waals surface area contributed by atoms with E-state index < -0.39 is 4.75 Å². The zero-order chi connectivity index (χ0) is 40.3. The number of thioether (sulfide) groups is 1. The minimum atomic E-state index is -0.447. The van der Waals surface area contributed by atoms with Gasteiger partial charge in [0.05, 0.1) is 22.5 Å². The number of esters is 1.